The van der Waals surface area contributed by atoms with Crippen molar-refractivity contribution in [2.75, 3.05) is 13.1 Å². The third kappa shape index (κ3) is 2.99. The van der Waals surface area contributed by atoms with E-state index in [1.807, 2.05) is 0 Å². The molecule has 2 fully saturated rings. The Kier molecular flexibility index (Phi) is 4.17. The standard InChI is InChI=1S/C19H25NO3/c1-13-8-14(2)10-15(9-13)5-6-17(21)20-11-16-4-3-7-19(16,12-20)18(22)23/h8-10,16H,3-7,11-12H2,1-2H3,(H,22,23)/t16-,19+/m0/s1. The smallest absolute Gasteiger partial charge is 0.311 e. The summed E-state index contributed by atoms with van der Waals surface area (Å²) in [5.41, 5.74) is 2.94. The number of aliphatic carboxylic acids is 1. The topological polar surface area (TPSA) is 57.6 Å². The molecule has 3 rings (SSSR count). The van der Waals surface area contributed by atoms with Gasteiger partial charge in [0.25, 0.3) is 0 Å². The summed E-state index contributed by atoms with van der Waals surface area (Å²) in [6, 6.07) is 6.37. The van der Waals surface area contributed by atoms with Gasteiger partial charge in [-0.15, -0.1) is 0 Å². The van der Waals surface area contributed by atoms with Gasteiger partial charge in [-0.25, -0.2) is 0 Å². The second-order valence-corrected chi connectivity index (χ2v) is 7.32. The lowest BCUT2D eigenvalue weighted by atomic mass is 9.81. The molecule has 2 aliphatic rings. The van der Waals surface area contributed by atoms with Gasteiger partial charge in [0, 0.05) is 19.5 Å². The molecule has 0 radical (unpaired) electrons. The number of nitrogens with zero attached hydrogens (tertiary/aromatic N) is 1. The van der Waals surface area contributed by atoms with Crippen molar-refractivity contribution in [1.82, 2.24) is 4.90 Å². The number of aryl methyl sites for hydroxylation is 3. The van der Waals surface area contributed by atoms with E-state index in [1.54, 1.807) is 4.90 Å². The van der Waals surface area contributed by atoms with E-state index in [0.29, 0.717) is 25.9 Å². The number of likely N-dealkylation sites (tertiary alicyclic amines) is 1. The van der Waals surface area contributed by atoms with Crippen LogP contribution in [0.15, 0.2) is 18.2 Å². The number of carboxylic acid groups (broad SMARTS) is 1. The van der Waals surface area contributed by atoms with Gasteiger partial charge in [-0.2, -0.15) is 0 Å². The van der Waals surface area contributed by atoms with Gasteiger partial charge in [-0.05, 0) is 44.6 Å². The maximum absolute atomic E-state index is 12.5. The van der Waals surface area contributed by atoms with E-state index in [0.717, 1.165) is 19.3 Å². The predicted octanol–water partition coefficient (Wildman–Crippen LogP) is 2.95. The average Bonchev–Trinajstić information content (AvgIpc) is 3.01. The van der Waals surface area contributed by atoms with Crippen LogP contribution in [0, 0.1) is 25.2 Å². The zero-order valence-corrected chi connectivity index (χ0v) is 14.0. The molecule has 1 saturated carbocycles. The fourth-order valence-electron chi connectivity index (χ4n) is 4.45. The Morgan fingerprint density at radius 1 is 1.26 bits per heavy atom. The molecule has 1 saturated heterocycles. The Morgan fingerprint density at radius 2 is 1.96 bits per heavy atom. The van der Waals surface area contributed by atoms with Crippen LogP contribution in [0.1, 0.15) is 42.4 Å². The van der Waals surface area contributed by atoms with E-state index < -0.39 is 11.4 Å². The van der Waals surface area contributed by atoms with Crippen LogP contribution in [0.4, 0.5) is 0 Å². The van der Waals surface area contributed by atoms with Crippen molar-refractivity contribution in [3.63, 3.8) is 0 Å². The van der Waals surface area contributed by atoms with Crippen LogP contribution in [-0.2, 0) is 16.0 Å². The summed E-state index contributed by atoms with van der Waals surface area (Å²) in [6.45, 7) is 5.16. The fraction of sp³-hybridized carbons (Fsp3) is 0.579. The SMILES string of the molecule is Cc1cc(C)cc(CCC(=O)N2C[C@@H]3CCC[C@@]3(C(=O)O)C2)c1. The third-order valence-electron chi connectivity index (χ3n) is 5.56. The largest absolute Gasteiger partial charge is 0.481 e. The minimum absolute atomic E-state index is 0.0965. The molecular weight excluding hydrogens is 290 g/mol. The predicted molar refractivity (Wildman–Crippen MR) is 88.2 cm³/mol. The van der Waals surface area contributed by atoms with Gasteiger partial charge < -0.3 is 10.0 Å². The summed E-state index contributed by atoms with van der Waals surface area (Å²) >= 11 is 0. The fourth-order valence-corrected chi connectivity index (χ4v) is 4.45. The van der Waals surface area contributed by atoms with Gasteiger partial charge >= 0.3 is 5.97 Å². The zero-order valence-electron chi connectivity index (χ0n) is 14.0. The number of benzene rings is 1. The average molecular weight is 315 g/mol. The van der Waals surface area contributed by atoms with Crippen LogP contribution in [0.5, 0.6) is 0 Å². The molecule has 0 aromatic heterocycles. The molecule has 1 aromatic rings. The number of hydrogen-bond acceptors (Lipinski definition) is 2. The molecule has 23 heavy (non-hydrogen) atoms. The van der Waals surface area contributed by atoms with E-state index in [2.05, 4.69) is 32.0 Å². The molecule has 1 N–H and O–H groups in total. The van der Waals surface area contributed by atoms with Gasteiger partial charge in [-0.3, -0.25) is 9.59 Å². The summed E-state index contributed by atoms with van der Waals surface area (Å²) in [5.74, 6) is -0.478. The molecule has 1 aromatic carbocycles. The summed E-state index contributed by atoms with van der Waals surface area (Å²) < 4.78 is 0. The summed E-state index contributed by atoms with van der Waals surface area (Å²) in [5, 5.41) is 9.60. The monoisotopic (exact) mass is 315 g/mol. The molecule has 2 atom stereocenters. The van der Waals surface area contributed by atoms with Crippen molar-refractivity contribution < 1.29 is 14.7 Å². The molecule has 0 bridgehead atoms. The third-order valence-corrected chi connectivity index (χ3v) is 5.56. The number of fused-ring (bicyclic) bond motifs is 1. The summed E-state index contributed by atoms with van der Waals surface area (Å²) in [4.78, 5) is 26.0. The van der Waals surface area contributed by atoms with Crippen LogP contribution >= 0.6 is 0 Å². The highest BCUT2D eigenvalue weighted by Gasteiger charge is 2.55. The first-order valence-corrected chi connectivity index (χ1v) is 8.49. The van der Waals surface area contributed by atoms with E-state index in [1.165, 1.54) is 16.7 Å². The number of rotatable bonds is 4. The minimum atomic E-state index is -0.718. The Hall–Kier alpha value is -1.84. The van der Waals surface area contributed by atoms with Crippen molar-refractivity contribution in [3.8, 4) is 0 Å². The second-order valence-electron chi connectivity index (χ2n) is 7.32. The number of hydrogen-bond donors (Lipinski definition) is 1. The first kappa shape index (κ1) is 16.0. The molecule has 4 nitrogen and oxygen atoms in total. The van der Waals surface area contributed by atoms with Crippen LogP contribution in [0.2, 0.25) is 0 Å². The number of amides is 1. The molecule has 4 heteroatoms. The molecule has 0 unspecified atom stereocenters. The summed E-state index contributed by atoms with van der Waals surface area (Å²) in [6.07, 6.45) is 3.82. The first-order chi connectivity index (χ1) is 10.9. The van der Waals surface area contributed by atoms with E-state index in [9.17, 15) is 14.7 Å². The Balaban J connectivity index is 1.62. The Bertz CT molecular complexity index is 619. The van der Waals surface area contributed by atoms with Crippen molar-refractivity contribution in [1.29, 1.82) is 0 Å². The van der Waals surface area contributed by atoms with Gasteiger partial charge in [-0.1, -0.05) is 35.7 Å². The minimum Gasteiger partial charge on any atom is -0.481 e. The maximum atomic E-state index is 12.5. The van der Waals surface area contributed by atoms with Crippen LogP contribution < -0.4 is 0 Å². The van der Waals surface area contributed by atoms with Gasteiger partial charge in [0.1, 0.15) is 0 Å². The van der Waals surface area contributed by atoms with Crippen LogP contribution in [-0.4, -0.2) is 35.0 Å². The number of carboxylic acids is 1. The van der Waals surface area contributed by atoms with E-state index in [-0.39, 0.29) is 11.8 Å². The highest BCUT2D eigenvalue weighted by molar-refractivity contribution is 5.81. The van der Waals surface area contributed by atoms with Crippen molar-refractivity contribution in [2.45, 2.75) is 46.0 Å². The zero-order chi connectivity index (χ0) is 16.6. The first-order valence-electron chi connectivity index (χ1n) is 8.49. The van der Waals surface area contributed by atoms with Crippen LogP contribution in [0.3, 0.4) is 0 Å². The molecule has 1 aliphatic carbocycles. The highest BCUT2D eigenvalue weighted by atomic mass is 16.4. The molecule has 124 valence electrons. The van der Waals surface area contributed by atoms with Crippen molar-refractivity contribution in [3.05, 3.63) is 34.9 Å². The van der Waals surface area contributed by atoms with Crippen molar-refractivity contribution >= 4 is 11.9 Å². The maximum Gasteiger partial charge on any atom is 0.311 e. The molecule has 0 spiro atoms. The highest BCUT2D eigenvalue weighted by Crippen LogP contribution is 2.48. The quantitative estimate of drug-likeness (QED) is 0.929. The molecule has 1 amide bonds. The lowest BCUT2D eigenvalue weighted by Crippen LogP contribution is -2.37. The van der Waals surface area contributed by atoms with E-state index >= 15 is 0 Å². The lowest BCUT2D eigenvalue weighted by Gasteiger charge is -2.23. The van der Waals surface area contributed by atoms with Crippen LogP contribution in [0.25, 0.3) is 0 Å². The normalized spacial score (nSPS) is 26.3. The second kappa shape index (κ2) is 5.99. The van der Waals surface area contributed by atoms with Gasteiger partial charge in [0.15, 0.2) is 0 Å². The van der Waals surface area contributed by atoms with Gasteiger partial charge in [0.05, 0.1) is 5.41 Å². The van der Waals surface area contributed by atoms with Gasteiger partial charge in [0.2, 0.25) is 5.91 Å². The van der Waals surface area contributed by atoms with Crippen molar-refractivity contribution in [2.24, 2.45) is 11.3 Å². The number of carbonyl (C=O) groups excluding carboxylic acids is 1. The Labute approximate surface area is 137 Å². The lowest BCUT2D eigenvalue weighted by molar-refractivity contribution is -0.149. The Morgan fingerprint density at radius 3 is 2.57 bits per heavy atom. The number of carbonyl (C=O) groups is 2. The van der Waals surface area contributed by atoms with E-state index in [4.69, 9.17) is 0 Å². The molecule has 1 heterocycles. The molecule has 1 aliphatic heterocycles. The molecular formula is C19H25NO3. The summed E-state index contributed by atoms with van der Waals surface area (Å²) in [7, 11) is 0.